The minimum absolute atomic E-state index is 0.455. The molecule has 6 heteroatoms. The maximum Gasteiger partial charge on any atom is 0.228 e. The average Bonchev–Trinajstić information content (AvgIpc) is 2.77. The van der Waals surface area contributed by atoms with Gasteiger partial charge in [-0.3, -0.25) is 0 Å². The van der Waals surface area contributed by atoms with Gasteiger partial charge in [-0.05, 0) is 13.0 Å². The molecule has 0 radical (unpaired) electrons. The van der Waals surface area contributed by atoms with E-state index in [1.165, 1.54) is 0 Å². The normalized spacial score (nSPS) is 11.1. The molecule has 0 spiro atoms. The topological polar surface area (TPSA) is 76.7 Å². The summed E-state index contributed by atoms with van der Waals surface area (Å²) in [6, 6.07) is 2.23. The highest BCUT2D eigenvalue weighted by Crippen LogP contribution is 2.12. The zero-order chi connectivity index (χ0) is 13.0. The largest absolute Gasteiger partial charge is 0.339 e. The molecular formula is C12H17N5O. The van der Waals surface area contributed by atoms with E-state index in [-0.39, 0.29) is 0 Å². The van der Waals surface area contributed by atoms with Crippen LogP contribution in [-0.4, -0.2) is 32.7 Å². The van der Waals surface area contributed by atoms with Gasteiger partial charge < -0.3 is 9.84 Å². The molecule has 0 aliphatic heterocycles. The number of aryl methyl sites for hydroxylation is 1. The van der Waals surface area contributed by atoms with Gasteiger partial charge in [0.1, 0.15) is 11.5 Å². The summed E-state index contributed by atoms with van der Waals surface area (Å²) in [5.74, 6) is 1.83. The summed E-state index contributed by atoms with van der Waals surface area (Å²) in [6.45, 7) is 6.85. The van der Waals surface area contributed by atoms with Crippen molar-refractivity contribution in [2.45, 2.75) is 33.2 Å². The third-order valence-corrected chi connectivity index (χ3v) is 2.36. The Morgan fingerprint density at radius 2 is 2.17 bits per heavy atom. The molecule has 18 heavy (non-hydrogen) atoms. The van der Waals surface area contributed by atoms with Crippen molar-refractivity contribution < 1.29 is 4.52 Å². The maximum absolute atomic E-state index is 5.18. The van der Waals surface area contributed by atoms with Crippen LogP contribution in [0.15, 0.2) is 16.8 Å². The number of rotatable bonds is 5. The van der Waals surface area contributed by atoms with E-state index in [2.05, 4.69) is 39.3 Å². The van der Waals surface area contributed by atoms with Crippen molar-refractivity contribution >= 4 is 0 Å². The van der Waals surface area contributed by atoms with Gasteiger partial charge in [0.25, 0.3) is 0 Å². The first kappa shape index (κ1) is 12.6. The molecule has 2 aromatic rings. The summed E-state index contributed by atoms with van der Waals surface area (Å²) >= 11 is 0. The average molecular weight is 247 g/mol. The first-order chi connectivity index (χ1) is 8.65. The molecule has 0 aromatic carbocycles. The highest BCUT2D eigenvalue weighted by atomic mass is 16.5. The van der Waals surface area contributed by atoms with E-state index in [9.17, 15) is 0 Å². The Bertz CT molecular complexity index is 509. The standard InChI is InChI=1S/C12H17N5O/c1-8(2)13-7-5-11-16-12(17-18-11)10-4-6-14-9(3)15-10/h4,6,8,13H,5,7H2,1-3H3. The number of hydrogen-bond donors (Lipinski definition) is 1. The van der Waals surface area contributed by atoms with Crippen molar-refractivity contribution in [2.75, 3.05) is 6.54 Å². The Morgan fingerprint density at radius 3 is 2.89 bits per heavy atom. The summed E-state index contributed by atoms with van der Waals surface area (Å²) in [4.78, 5) is 12.6. The van der Waals surface area contributed by atoms with Crippen molar-refractivity contribution in [3.8, 4) is 11.5 Å². The van der Waals surface area contributed by atoms with Crippen LogP contribution >= 0.6 is 0 Å². The van der Waals surface area contributed by atoms with Crippen LogP contribution in [0.3, 0.4) is 0 Å². The molecular weight excluding hydrogens is 230 g/mol. The molecule has 96 valence electrons. The predicted molar refractivity (Wildman–Crippen MR) is 66.9 cm³/mol. The first-order valence-electron chi connectivity index (χ1n) is 6.01. The summed E-state index contributed by atoms with van der Waals surface area (Å²) < 4.78 is 5.18. The summed E-state index contributed by atoms with van der Waals surface area (Å²) in [5, 5.41) is 7.22. The minimum Gasteiger partial charge on any atom is -0.339 e. The molecule has 2 aromatic heterocycles. The van der Waals surface area contributed by atoms with Crippen LogP contribution in [-0.2, 0) is 6.42 Å². The molecule has 2 heterocycles. The van der Waals surface area contributed by atoms with E-state index in [0.29, 0.717) is 29.3 Å². The van der Waals surface area contributed by atoms with Crippen LogP contribution in [0.5, 0.6) is 0 Å². The van der Waals surface area contributed by atoms with Crippen LogP contribution in [0.4, 0.5) is 0 Å². The van der Waals surface area contributed by atoms with Crippen LogP contribution in [0.25, 0.3) is 11.5 Å². The molecule has 1 N–H and O–H groups in total. The molecule has 0 saturated heterocycles. The monoisotopic (exact) mass is 247 g/mol. The van der Waals surface area contributed by atoms with E-state index < -0.39 is 0 Å². The minimum atomic E-state index is 0.455. The van der Waals surface area contributed by atoms with Crippen LogP contribution in [0.1, 0.15) is 25.6 Å². The maximum atomic E-state index is 5.18. The summed E-state index contributed by atoms with van der Waals surface area (Å²) in [5.41, 5.74) is 0.689. The van der Waals surface area contributed by atoms with Crippen molar-refractivity contribution in [1.82, 2.24) is 25.4 Å². The number of nitrogens with zero attached hydrogens (tertiary/aromatic N) is 4. The van der Waals surface area contributed by atoms with E-state index in [4.69, 9.17) is 4.52 Å². The molecule has 0 saturated carbocycles. The lowest BCUT2D eigenvalue weighted by atomic mass is 10.3. The fraction of sp³-hybridized carbons (Fsp3) is 0.500. The third kappa shape index (κ3) is 3.33. The quantitative estimate of drug-likeness (QED) is 0.860. The molecule has 0 aliphatic carbocycles. The zero-order valence-electron chi connectivity index (χ0n) is 10.8. The lowest BCUT2D eigenvalue weighted by molar-refractivity contribution is 0.374. The molecule has 2 rings (SSSR count). The van der Waals surface area contributed by atoms with Crippen LogP contribution in [0, 0.1) is 6.92 Å². The zero-order valence-corrected chi connectivity index (χ0v) is 10.8. The number of hydrogen-bond acceptors (Lipinski definition) is 6. The van der Waals surface area contributed by atoms with Crippen molar-refractivity contribution in [3.63, 3.8) is 0 Å². The molecule has 0 atom stereocenters. The van der Waals surface area contributed by atoms with Gasteiger partial charge in [0.2, 0.25) is 11.7 Å². The Labute approximate surface area is 106 Å². The molecule has 0 bridgehead atoms. The molecule has 0 aliphatic rings. The molecule has 0 amide bonds. The predicted octanol–water partition coefficient (Wildman–Crippen LogP) is 1.38. The van der Waals surface area contributed by atoms with Crippen LogP contribution in [0.2, 0.25) is 0 Å². The lowest BCUT2D eigenvalue weighted by Gasteiger charge is -2.04. The van der Waals surface area contributed by atoms with E-state index in [0.717, 1.165) is 13.0 Å². The fourth-order valence-electron chi connectivity index (χ4n) is 1.51. The Morgan fingerprint density at radius 1 is 1.33 bits per heavy atom. The van der Waals surface area contributed by atoms with Gasteiger partial charge in [-0.15, -0.1) is 0 Å². The van der Waals surface area contributed by atoms with E-state index >= 15 is 0 Å². The van der Waals surface area contributed by atoms with E-state index in [1.54, 1.807) is 12.3 Å². The highest BCUT2D eigenvalue weighted by Gasteiger charge is 2.09. The summed E-state index contributed by atoms with van der Waals surface area (Å²) in [6.07, 6.45) is 2.41. The molecule has 6 nitrogen and oxygen atoms in total. The summed E-state index contributed by atoms with van der Waals surface area (Å²) in [7, 11) is 0. The van der Waals surface area contributed by atoms with Crippen molar-refractivity contribution in [1.29, 1.82) is 0 Å². The second kappa shape index (κ2) is 5.68. The molecule has 0 fully saturated rings. The Hall–Kier alpha value is -1.82. The van der Waals surface area contributed by atoms with Gasteiger partial charge in [-0.25, -0.2) is 9.97 Å². The number of nitrogens with one attached hydrogen (secondary N) is 1. The van der Waals surface area contributed by atoms with Crippen molar-refractivity contribution in [3.05, 3.63) is 24.0 Å². The van der Waals surface area contributed by atoms with Crippen molar-refractivity contribution in [2.24, 2.45) is 0 Å². The second-order valence-corrected chi connectivity index (χ2v) is 4.36. The Kier molecular flexibility index (Phi) is 3.99. The second-order valence-electron chi connectivity index (χ2n) is 4.36. The number of aromatic nitrogens is 4. The third-order valence-electron chi connectivity index (χ3n) is 2.36. The van der Waals surface area contributed by atoms with Gasteiger partial charge >= 0.3 is 0 Å². The van der Waals surface area contributed by atoms with Gasteiger partial charge in [-0.1, -0.05) is 19.0 Å². The van der Waals surface area contributed by atoms with Gasteiger partial charge in [0.15, 0.2) is 0 Å². The van der Waals surface area contributed by atoms with E-state index in [1.807, 2.05) is 6.92 Å². The van der Waals surface area contributed by atoms with Gasteiger partial charge in [-0.2, -0.15) is 4.98 Å². The fourth-order valence-corrected chi connectivity index (χ4v) is 1.51. The highest BCUT2D eigenvalue weighted by molar-refractivity contribution is 5.46. The lowest BCUT2D eigenvalue weighted by Crippen LogP contribution is -2.25. The molecule has 0 unspecified atom stereocenters. The smallest absolute Gasteiger partial charge is 0.228 e. The van der Waals surface area contributed by atoms with Gasteiger partial charge in [0.05, 0.1) is 0 Å². The Balaban J connectivity index is 2.02. The van der Waals surface area contributed by atoms with Gasteiger partial charge in [0, 0.05) is 25.2 Å². The SMILES string of the molecule is Cc1nccc(-c2noc(CCNC(C)C)n2)n1. The first-order valence-corrected chi connectivity index (χ1v) is 6.01. The van der Waals surface area contributed by atoms with Crippen LogP contribution < -0.4 is 5.32 Å².